The number of ether oxygens (including phenoxy) is 2. The number of nitrogen functional groups attached to an aromatic ring is 1. The van der Waals surface area contributed by atoms with Crippen LogP contribution in [0.15, 0.2) is 42.0 Å². The van der Waals surface area contributed by atoms with Crippen molar-refractivity contribution in [2.45, 2.75) is 132 Å². The van der Waals surface area contributed by atoms with Gasteiger partial charge >= 0.3 is 5.97 Å². The van der Waals surface area contributed by atoms with E-state index >= 15 is 0 Å². The molecule has 2 heterocycles. The summed E-state index contributed by atoms with van der Waals surface area (Å²) in [5.74, 6) is 0.753. The van der Waals surface area contributed by atoms with Gasteiger partial charge in [-0.1, -0.05) is 109 Å². The van der Waals surface area contributed by atoms with Crippen molar-refractivity contribution in [2.75, 3.05) is 25.6 Å². The SMILES string of the molecule is CC(C)[C@@H](C)[C@@]1(C)CC[C@]2(C)[C@H]3CC[C@@H]4[C@@]5(COC[C@@]4(C)[C@@H](OC[C@@](C)(NCc4ccccc4)C(C)C)[C@H](n4nnc(N)n4)C5)C3=CC[C@@]2(C)[C@@H]1C(=O)O. The number of tetrazole rings is 1. The third kappa shape index (κ3) is 5.81. The Morgan fingerprint density at radius 2 is 1.80 bits per heavy atom. The predicted molar refractivity (Wildman–Crippen MR) is 211 cm³/mol. The van der Waals surface area contributed by atoms with E-state index in [1.165, 1.54) is 11.1 Å². The van der Waals surface area contributed by atoms with E-state index in [9.17, 15) is 9.90 Å². The number of carboxylic acid groups (broad SMARTS) is 1. The number of carbonyl (C=O) groups is 1. The van der Waals surface area contributed by atoms with Gasteiger partial charge in [-0.15, -0.1) is 5.10 Å². The van der Waals surface area contributed by atoms with E-state index in [4.69, 9.17) is 15.2 Å². The van der Waals surface area contributed by atoms with E-state index in [0.29, 0.717) is 43.5 Å². The molecule has 0 spiro atoms. The highest BCUT2D eigenvalue weighted by molar-refractivity contribution is 5.73. The number of nitrogens with zero attached hydrogens (tertiary/aromatic N) is 4. The molecule has 1 aliphatic heterocycles. The number of aromatic nitrogens is 4. The highest BCUT2D eigenvalue weighted by Gasteiger charge is 2.72. The maximum absolute atomic E-state index is 13.5. The van der Waals surface area contributed by atoms with Gasteiger partial charge in [-0.3, -0.25) is 4.79 Å². The van der Waals surface area contributed by atoms with Crippen LogP contribution in [0.5, 0.6) is 0 Å². The van der Waals surface area contributed by atoms with Crippen LogP contribution >= 0.6 is 0 Å². The quantitative estimate of drug-likeness (QED) is 0.196. The Morgan fingerprint density at radius 1 is 1.07 bits per heavy atom. The second-order valence-electron chi connectivity index (χ2n) is 20.2. The molecule has 0 amide bonds. The molecule has 0 unspecified atom stereocenters. The average molecular weight is 745 g/mol. The van der Waals surface area contributed by atoms with E-state index in [1.807, 2.05) is 0 Å². The molecule has 4 fully saturated rings. The Morgan fingerprint density at radius 3 is 2.43 bits per heavy atom. The van der Waals surface area contributed by atoms with Gasteiger partial charge in [0.1, 0.15) is 6.04 Å². The summed E-state index contributed by atoms with van der Waals surface area (Å²) in [5, 5.41) is 28.3. The first kappa shape index (κ1) is 39.4. The van der Waals surface area contributed by atoms with Crippen molar-refractivity contribution in [3.05, 3.63) is 47.5 Å². The molecule has 1 aromatic heterocycles. The molecular weight excluding hydrogens is 677 g/mol. The summed E-state index contributed by atoms with van der Waals surface area (Å²) in [5.41, 5.74) is 7.22. The maximum atomic E-state index is 13.5. The van der Waals surface area contributed by atoms with E-state index in [-0.39, 0.29) is 56.6 Å². The molecular formula is C44H68N6O4. The van der Waals surface area contributed by atoms with Crippen LogP contribution < -0.4 is 11.1 Å². The normalized spacial score (nSPS) is 40.6. The van der Waals surface area contributed by atoms with Crippen molar-refractivity contribution in [2.24, 2.45) is 62.6 Å². The molecule has 2 aromatic rings. The van der Waals surface area contributed by atoms with E-state index in [1.54, 1.807) is 4.80 Å². The monoisotopic (exact) mass is 745 g/mol. The predicted octanol–water partition coefficient (Wildman–Crippen LogP) is 7.97. The second kappa shape index (κ2) is 13.7. The number of nitrogens with one attached hydrogen (secondary N) is 1. The summed E-state index contributed by atoms with van der Waals surface area (Å²) >= 11 is 0. The van der Waals surface area contributed by atoms with E-state index in [0.717, 1.165) is 45.1 Å². The van der Waals surface area contributed by atoms with Gasteiger partial charge in [0.2, 0.25) is 0 Å². The third-order valence-corrected chi connectivity index (χ3v) is 17.2. The fraction of sp³-hybridized carbons (Fsp3) is 0.773. The van der Waals surface area contributed by atoms with Crippen LogP contribution in [0, 0.1) is 62.6 Å². The Kier molecular flexibility index (Phi) is 9.99. The van der Waals surface area contributed by atoms with Crippen molar-refractivity contribution in [3.63, 3.8) is 0 Å². The summed E-state index contributed by atoms with van der Waals surface area (Å²) in [7, 11) is 0. The van der Waals surface area contributed by atoms with Crippen LogP contribution in [0.1, 0.15) is 119 Å². The number of hydrogen-bond acceptors (Lipinski definition) is 8. The summed E-state index contributed by atoms with van der Waals surface area (Å²) in [6, 6.07) is 10.3. The molecule has 3 saturated carbocycles. The lowest BCUT2D eigenvalue weighted by Gasteiger charge is -2.71. The van der Waals surface area contributed by atoms with Crippen LogP contribution in [0.2, 0.25) is 0 Å². The molecule has 10 heteroatoms. The fourth-order valence-corrected chi connectivity index (χ4v) is 13.1. The molecule has 298 valence electrons. The van der Waals surface area contributed by atoms with E-state index < -0.39 is 11.9 Å². The number of carboxylic acids is 1. The number of fused-ring (bicyclic) bond motifs is 3. The van der Waals surface area contributed by atoms with Crippen LogP contribution in [-0.4, -0.2) is 62.7 Å². The molecule has 4 N–H and O–H groups in total. The number of hydrogen-bond donors (Lipinski definition) is 3. The molecule has 10 nitrogen and oxygen atoms in total. The van der Waals surface area contributed by atoms with Crippen molar-refractivity contribution in [1.29, 1.82) is 0 Å². The minimum atomic E-state index is -0.630. The first-order valence-corrected chi connectivity index (χ1v) is 20.8. The summed E-state index contributed by atoms with van der Waals surface area (Å²) in [4.78, 5) is 15.3. The molecule has 1 saturated heterocycles. The molecule has 7 rings (SSSR count). The number of benzene rings is 1. The number of allylic oxidation sites excluding steroid dienone is 1. The van der Waals surface area contributed by atoms with Gasteiger partial charge in [-0.25, -0.2) is 0 Å². The van der Waals surface area contributed by atoms with Gasteiger partial charge in [0.25, 0.3) is 5.95 Å². The standard InChI is InChI=1S/C44H68N6O4/c1-27(2)29(5)39(6)20-21-41(8)31-16-17-34-40(7)24-53-26-44(34,32(31)18-19-42(41,9)35(39)37(51)52)22-33(50-48-38(45)47-49-50)36(40)54-25-43(10,28(3)4)46-23-30-14-12-11-13-15-30/h11-15,18,27-29,31,33-36,46H,16-17,19-26H2,1-10H3,(H2,45,48)(H,51,52)/t29-,31+,33-,34+,35-,36+,39-,40-,41-,42+,43-,44+/m1/s1. The molecule has 4 aliphatic carbocycles. The molecule has 1 aromatic carbocycles. The largest absolute Gasteiger partial charge is 0.481 e. The fourth-order valence-electron chi connectivity index (χ4n) is 13.1. The summed E-state index contributed by atoms with van der Waals surface area (Å²) in [6.07, 6.45) is 7.86. The molecule has 54 heavy (non-hydrogen) atoms. The lowest BCUT2D eigenvalue weighted by atomic mass is 9.34. The summed E-state index contributed by atoms with van der Waals surface area (Å²) in [6.45, 7) is 25.5. The van der Waals surface area contributed by atoms with Crippen LogP contribution in [0.25, 0.3) is 0 Å². The Labute approximate surface area is 323 Å². The minimum Gasteiger partial charge on any atom is -0.481 e. The number of rotatable bonds is 11. The van der Waals surface area contributed by atoms with E-state index in [2.05, 4.69) is 126 Å². The van der Waals surface area contributed by atoms with Gasteiger partial charge in [0, 0.05) is 22.9 Å². The van der Waals surface area contributed by atoms with Crippen LogP contribution in [0.3, 0.4) is 0 Å². The maximum Gasteiger partial charge on any atom is 0.307 e. The highest BCUT2D eigenvalue weighted by atomic mass is 16.5. The number of nitrogens with two attached hydrogens (primary N) is 1. The Balaban J connectivity index is 1.26. The van der Waals surface area contributed by atoms with Gasteiger partial charge < -0.3 is 25.6 Å². The first-order valence-electron chi connectivity index (χ1n) is 20.8. The average Bonchev–Trinajstić information content (AvgIpc) is 3.56. The highest BCUT2D eigenvalue weighted by Crippen LogP contribution is 2.75. The molecule has 0 radical (unpaired) electrons. The zero-order valence-corrected chi connectivity index (χ0v) is 34.7. The first-order chi connectivity index (χ1) is 25.4. The lowest BCUT2D eigenvalue weighted by molar-refractivity contribution is -0.254. The molecule has 12 atom stereocenters. The zero-order chi connectivity index (χ0) is 39.1. The third-order valence-electron chi connectivity index (χ3n) is 17.2. The van der Waals surface area contributed by atoms with Crippen molar-refractivity contribution < 1.29 is 19.4 Å². The minimum absolute atomic E-state index is 0.161. The van der Waals surface area contributed by atoms with Crippen LogP contribution in [0.4, 0.5) is 5.95 Å². The Hall–Kier alpha value is -2.82. The lowest BCUT2D eigenvalue weighted by Crippen LogP contribution is -2.69. The second-order valence-corrected chi connectivity index (χ2v) is 20.2. The van der Waals surface area contributed by atoms with Gasteiger partial charge in [-0.2, -0.15) is 4.80 Å². The molecule has 5 aliphatic rings. The zero-order valence-electron chi connectivity index (χ0n) is 34.7. The molecule has 2 bridgehead atoms. The van der Waals surface area contributed by atoms with Gasteiger partial charge in [0.05, 0.1) is 31.8 Å². The van der Waals surface area contributed by atoms with Crippen molar-refractivity contribution >= 4 is 11.9 Å². The van der Waals surface area contributed by atoms with Crippen molar-refractivity contribution in [3.8, 4) is 0 Å². The van der Waals surface area contributed by atoms with Gasteiger partial charge in [0.15, 0.2) is 0 Å². The topological polar surface area (TPSA) is 137 Å². The number of aliphatic carboxylic acids is 1. The van der Waals surface area contributed by atoms with Crippen molar-refractivity contribution in [1.82, 2.24) is 25.5 Å². The Bertz CT molecular complexity index is 1730. The van der Waals surface area contributed by atoms with Crippen LogP contribution in [-0.2, 0) is 20.8 Å². The number of anilines is 1. The van der Waals surface area contributed by atoms with Gasteiger partial charge in [-0.05, 0) is 102 Å². The summed E-state index contributed by atoms with van der Waals surface area (Å²) < 4.78 is 14.1. The smallest absolute Gasteiger partial charge is 0.307 e.